The first-order chi connectivity index (χ1) is 9.35. The van der Waals surface area contributed by atoms with Gasteiger partial charge in [-0.3, -0.25) is 0 Å². The maximum Gasteiger partial charge on any atom is 0.0262 e. The van der Waals surface area contributed by atoms with Crippen LogP contribution in [0.3, 0.4) is 0 Å². The summed E-state index contributed by atoms with van der Waals surface area (Å²) in [5, 5.41) is 0. The molecule has 1 heteroatoms. The molecule has 0 atom stereocenters. The fraction of sp³-hybridized carbons (Fsp3) is 0.158. The molecule has 2 aromatic rings. The normalized spacial score (nSPS) is 10.5. The monoisotopic (exact) mass is 335 g/mol. The van der Waals surface area contributed by atoms with Crippen LogP contribution in [-0.2, 0) is 39.1 Å². The van der Waals surface area contributed by atoms with Gasteiger partial charge in [-0.15, -0.1) is 18.1 Å². The van der Waals surface area contributed by atoms with E-state index in [0.29, 0.717) is 0 Å². The Morgan fingerprint density at radius 1 is 0.900 bits per heavy atom. The molecule has 0 bridgehead atoms. The summed E-state index contributed by atoms with van der Waals surface area (Å²) in [6.45, 7) is 4.00. The average Bonchev–Trinajstić information content (AvgIpc) is 2.42. The molecule has 0 saturated heterocycles. The molecule has 0 nitrogen and oxygen atoms in total. The molecular formula is C19H18Y-2. The van der Waals surface area contributed by atoms with E-state index in [-0.39, 0.29) is 32.7 Å². The van der Waals surface area contributed by atoms with Crippen LogP contribution in [0.15, 0.2) is 48.5 Å². The van der Waals surface area contributed by atoms with Crippen LogP contribution in [0.25, 0.3) is 0 Å². The van der Waals surface area contributed by atoms with Gasteiger partial charge in [-0.1, -0.05) is 42.2 Å². The molecule has 1 radical (unpaired) electrons. The van der Waals surface area contributed by atoms with Gasteiger partial charge in [0, 0.05) is 38.3 Å². The Labute approximate surface area is 147 Å². The van der Waals surface area contributed by atoms with Crippen molar-refractivity contribution in [1.82, 2.24) is 0 Å². The Kier molecular flexibility index (Phi) is 7.67. The van der Waals surface area contributed by atoms with E-state index in [4.69, 9.17) is 0 Å². The molecule has 0 spiro atoms. The van der Waals surface area contributed by atoms with Gasteiger partial charge in [0.05, 0.1) is 0 Å². The van der Waals surface area contributed by atoms with Crippen LogP contribution in [0.4, 0.5) is 0 Å². The molecule has 0 saturated carbocycles. The van der Waals surface area contributed by atoms with Crippen molar-refractivity contribution in [2.24, 2.45) is 0 Å². The summed E-state index contributed by atoms with van der Waals surface area (Å²) < 4.78 is 0. The second-order valence-corrected chi connectivity index (χ2v) is 4.48. The standard InChI is InChI=1S/C16H11.C3H7.Y/c1-2-6-14-11-12-16-8-4-3-7-15(16)10-9-13(14)5-1;1-3-2;/h1-9H,10H2;3H,1-2H3;/q2*-1;. The molecule has 2 aromatic carbocycles. The minimum atomic E-state index is 0. The topological polar surface area (TPSA) is 0 Å². The molecule has 0 heterocycles. The van der Waals surface area contributed by atoms with Crippen molar-refractivity contribution in [3.63, 3.8) is 0 Å². The second-order valence-electron chi connectivity index (χ2n) is 4.48. The van der Waals surface area contributed by atoms with Crippen molar-refractivity contribution < 1.29 is 32.7 Å². The fourth-order valence-corrected chi connectivity index (χ4v) is 1.96. The summed E-state index contributed by atoms with van der Waals surface area (Å²) >= 11 is 0. The van der Waals surface area contributed by atoms with Gasteiger partial charge >= 0.3 is 0 Å². The second kappa shape index (κ2) is 9.01. The van der Waals surface area contributed by atoms with Crippen LogP contribution in [0, 0.1) is 24.7 Å². The fourth-order valence-electron chi connectivity index (χ4n) is 1.96. The van der Waals surface area contributed by atoms with Crippen molar-refractivity contribution in [1.29, 1.82) is 0 Å². The van der Waals surface area contributed by atoms with Crippen LogP contribution in [0.2, 0.25) is 0 Å². The molecular weight excluding hydrogens is 317 g/mol. The number of benzene rings is 2. The largest absolute Gasteiger partial charge is 0.335 e. The van der Waals surface area contributed by atoms with Crippen LogP contribution in [0.1, 0.15) is 36.1 Å². The van der Waals surface area contributed by atoms with Gasteiger partial charge in [0.2, 0.25) is 0 Å². The zero-order valence-electron chi connectivity index (χ0n) is 12.1. The van der Waals surface area contributed by atoms with Gasteiger partial charge in [-0.05, 0) is 11.6 Å². The molecule has 3 rings (SSSR count). The summed E-state index contributed by atoms with van der Waals surface area (Å²) in [6, 6.07) is 16.6. The first kappa shape index (κ1) is 17.0. The molecule has 0 N–H and O–H groups in total. The Morgan fingerprint density at radius 3 is 2.20 bits per heavy atom. The Balaban J connectivity index is 0.000000462. The third-order valence-corrected chi connectivity index (χ3v) is 2.85. The molecule has 99 valence electrons. The van der Waals surface area contributed by atoms with E-state index in [9.17, 15) is 0 Å². The predicted octanol–water partition coefficient (Wildman–Crippen LogP) is 4.42. The van der Waals surface area contributed by atoms with Crippen molar-refractivity contribution in [2.45, 2.75) is 20.3 Å². The van der Waals surface area contributed by atoms with Crippen LogP contribution in [-0.4, -0.2) is 0 Å². The molecule has 0 aliphatic heterocycles. The van der Waals surface area contributed by atoms with Gasteiger partial charge < -0.3 is 6.42 Å². The molecule has 20 heavy (non-hydrogen) atoms. The van der Waals surface area contributed by atoms with E-state index in [0.717, 1.165) is 17.5 Å². The Hall–Kier alpha value is -1.03. The van der Waals surface area contributed by atoms with Gasteiger partial charge in [0.25, 0.3) is 0 Å². The summed E-state index contributed by atoms with van der Waals surface area (Å²) in [7, 11) is 0. The van der Waals surface area contributed by atoms with Gasteiger partial charge in [-0.2, -0.15) is 31.9 Å². The van der Waals surface area contributed by atoms with Crippen molar-refractivity contribution in [2.75, 3.05) is 0 Å². The predicted molar refractivity (Wildman–Crippen MR) is 81.6 cm³/mol. The quantitative estimate of drug-likeness (QED) is 0.494. The number of hydrogen-bond donors (Lipinski definition) is 0. The zero-order valence-corrected chi connectivity index (χ0v) is 14.9. The van der Waals surface area contributed by atoms with E-state index in [1.807, 2.05) is 32.4 Å². The van der Waals surface area contributed by atoms with Crippen LogP contribution >= 0.6 is 0 Å². The van der Waals surface area contributed by atoms with E-state index < -0.39 is 0 Å². The number of hydrogen-bond acceptors (Lipinski definition) is 0. The molecule has 0 fully saturated rings. The summed E-state index contributed by atoms with van der Waals surface area (Å²) in [4.78, 5) is 0. The SMILES string of the molecule is C1#Cc2ccccc2C[CH-]c2ccccc21.C[CH-]C.[Y]. The Morgan fingerprint density at radius 2 is 1.45 bits per heavy atom. The minimum absolute atomic E-state index is 0. The first-order valence-corrected chi connectivity index (χ1v) is 6.61. The zero-order chi connectivity index (χ0) is 13.5. The average molecular weight is 335 g/mol. The smallest absolute Gasteiger partial charge is 0.0262 e. The Bertz CT molecular complexity index is 551. The van der Waals surface area contributed by atoms with E-state index in [1.54, 1.807) is 0 Å². The van der Waals surface area contributed by atoms with Crippen LogP contribution < -0.4 is 0 Å². The molecule has 0 aromatic heterocycles. The molecule has 0 unspecified atom stereocenters. The van der Waals surface area contributed by atoms with Crippen LogP contribution in [0.5, 0.6) is 0 Å². The van der Waals surface area contributed by atoms with E-state index in [2.05, 4.69) is 54.7 Å². The summed E-state index contributed by atoms with van der Waals surface area (Å²) in [5.74, 6) is 6.49. The molecule has 0 amide bonds. The van der Waals surface area contributed by atoms with Crippen molar-refractivity contribution >= 4 is 0 Å². The van der Waals surface area contributed by atoms with Gasteiger partial charge in [-0.25, -0.2) is 0 Å². The maximum atomic E-state index is 3.25. The van der Waals surface area contributed by atoms with Crippen molar-refractivity contribution in [3.8, 4) is 11.8 Å². The summed E-state index contributed by atoms with van der Waals surface area (Å²) in [5.41, 5.74) is 4.82. The van der Waals surface area contributed by atoms with Gasteiger partial charge in [0.1, 0.15) is 0 Å². The van der Waals surface area contributed by atoms with Crippen molar-refractivity contribution in [3.05, 3.63) is 83.6 Å². The number of rotatable bonds is 0. The first-order valence-electron chi connectivity index (χ1n) is 6.61. The maximum absolute atomic E-state index is 3.25. The third-order valence-electron chi connectivity index (χ3n) is 2.85. The number of fused-ring (bicyclic) bond motifs is 2. The molecule has 1 aliphatic carbocycles. The summed E-state index contributed by atoms with van der Waals surface area (Å²) in [6.07, 6.45) is 5.21. The van der Waals surface area contributed by atoms with Gasteiger partial charge in [0.15, 0.2) is 0 Å². The molecule has 1 aliphatic rings. The van der Waals surface area contributed by atoms with E-state index in [1.165, 1.54) is 11.1 Å². The van der Waals surface area contributed by atoms with E-state index >= 15 is 0 Å². The third kappa shape index (κ3) is 4.51. The minimum Gasteiger partial charge on any atom is -0.335 e.